The molecule has 0 aliphatic rings. The van der Waals surface area contributed by atoms with Gasteiger partial charge in [0.25, 0.3) is 0 Å². The van der Waals surface area contributed by atoms with Gasteiger partial charge in [-0.1, -0.05) is 40.2 Å². The number of thioether (sulfide) groups is 1. The molecule has 0 saturated heterocycles. The number of carboxylic acid groups (broad SMARTS) is 1. The highest BCUT2D eigenvalue weighted by Gasteiger charge is 2.09. The lowest BCUT2D eigenvalue weighted by molar-refractivity contribution is -0.254. The molecule has 0 radical (unpaired) electrons. The second-order valence-electron chi connectivity index (χ2n) is 4.94. The van der Waals surface area contributed by atoms with Gasteiger partial charge in [-0.2, -0.15) is 0 Å². The monoisotopic (exact) mass is 392 g/mol. The lowest BCUT2D eigenvalue weighted by atomic mass is 10.1. The van der Waals surface area contributed by atoms with Crippen molar-refractivity contribution in [3.8, 4) is 0 Å². The van der Waals surface area contributed by atoms with E-state index in [9.17, 15) is 14.7 Å². The number of anilines is 1. The van der Waals surface area contributed by atoms with Gasteiger partial charge in [0, 0.05) is 21.5 Å². The minimum Gasteiger partial charge on any atom is -0.545 e. The van der Waals surface area contributed by atoms with Gasteiger partial charge >= 0.3 is 0 Å². The van der Waals surface area contributed by atoms with E-state index in [-0.39, 0.29) is 22.9 Å². The first-order valence-corrected chi connectivity index (χ1v) is 8.85. The normalized spacial score (nSPS) is 10.3. The molecule has 0 bridgehead atoms. The van der Waals surface area contributed by atoms with E-state index in [1.54, 1.807) is 12.1 Å². The van der Waals surface area contributed by atoms with Crippen LogP contribution in [-0.2, 0) is 10.5 Å². The van der Waals surface area contributed by atoms with E-state index in [1.165, 1.54) is 29.0 Å². The summed E-state index contributed by atoms with van der Waals surface area (Å²) in [7, 11) is 0. The number of carbonyl (C=O) groups excluding carboxylic acids is 2. The maximum absolute atomic E-state index is 12.0. The van der Waals surface area contributed by atoms with Gasteiger partial charge in [0.1, 0.15) is 0 Å². The van der Waals surface area contributed by atoms with Crippen molar-refractivity contribution >= 4 is 45.3 Å². The van der Waals surface area contributed by atoms with Gasteiger partial charge in [-0.25, -0.2) is 0 Å². The SMILES string of the molecule is Cc1ccccc1CSCC(=O)Nc1ccc(Br)cc1C(=O)[O-]. The van der Waals surface area contributed by atoms with Crippen molar-refractivity contribution in [2.45, 2.75) is 12.7 Å². The zero-order valence-electron chi connectivity index (χ0n) is 12.5. The number of amides is 1. The summed E-state index contributed by atoms with van der Waals surface area (Å²) < 4.78 is 0.614. The van der Waals surface area contributed by atoms with Crippen molar-refractivity contribution in [2.24, 2.45) is 0 Å². The molecule has 0 heterocycles. The van der Waals surface area contributed by atoms with Crippen LogP contribution >= 0.6 is 27.7 Å². The van der Waals surface area contributed by atoms with Gasteiger partial charge in [-0.3, -0.25) is 4.79 Å². The summed E-state index contributed by atoms with van der Waals surface area (Å²) in [5.41, 5.74) is 2.57. The third-order valence-electron chi connectivity index (χ3n) is 3.23. The molecule has 1 amide bonds. The molecule has 2 rings (SSSR count). The number of hydrogen-bond acceptors (Lipinski definition) is 4. The Morgan fingerprint density at radius 2 is 1.96 bits per heavy atom. The Balaban J connectivity index is 1.93. The van der Waals surface area contributed by atoms with E-state index in [0.29, 0.717) is 4.47 Å². The van der Waals surface area contributed by atoms with E-state index in [0.717, 1.165) is 5.75 Å². The first-order valence-electron chi connectivity index (χ1n) is 6.90. The molecule has 0 unspecified atom stereocenters. The second kappa shape index (κ2) is 8.17. The number of hydrogen-bond donors (Lipinski definition) is 1. The Hall–Kier alpha value is -1.79. The van der Waals surface area contributed by atoms with Crippen LogP contribution in [0, 0.1) is 6.92 Å². The number of nitrogens with one attached hydrogen (secondary N) is 1. The van der Waals surface area contributed by atoms with Gasteiger partial charge < -0.3 is 15.2 Å². The Bertz CT molecular complexity index is 734. The Labute approximate surface area is 147 Å². The lowest BCUT2D eigenvalue weighted by Crippen LogP contribution is -2.25. The number of benzene rings is 2. The van der Waals surface area contributed by atoms with Gasteiger partial charge in [0.15, 0.2) is 0 Å². The molecule has 1 N–H and O–H groups in total. The number of aryl methyl sites for hydroxylation is 1. The van der Waals surface area contributed by atoms with Crippen LogP contribution in [0.1, 0.15) is 21.5 Å². The summed E-state index contributed by atoms with van der Waals surface area (Å²) in [6.45, 7) is 2.03. The average molecular weight is 393 g/mol. The van der Waals surface area contributed by atoms with Gasteiger partial charge in [-0.15, -0.1) is 11.8 Å². The fourth-order valence-electron chi connectivity index (χ4n) is 2.01. The number of carbonyl (C=O) groups is 2. The Kier molecular flexibility index (Phi) is 6.24. The van der Waals surface area contributed by atoms with E-state index in [1.807, 2.05) is 31.2 Å². The topological polar surface area (TPSA) is 69.2 Å². The highest BCUT2D eigenvalue weighted by Crippen LogP contribution is 2.21. The summed E-state index contributed by atoms with van der Waals surface area (Å²) in [5, 5.41) is 13.7. The molecule has 0 aliphatic heterocycles. The third-order valence-corrected chi connectivity index (χ3v) is 4.70. The molecule has 6 heteroatoms. The molecular weight excluding hydrogens is 378 g/mol. The lowest BCUT2D eigenvalue weighted by Gasteiger charge is -2.12. The van der Waals surface area contributed by atoms with Crippen LogP contribution in [-0.4, -0.2) is 17.6 Å². The predicted molar refractivity (Wildman–Crippen MR) is 94.4 cm³/mol. The molecule has 4 nitrogen and oxygen atoms in total. The van der Waals surface area contributed by atoms with E-state index in [4.69, 9.17) is 0 Å². The van der Waals surface area contributed by atoms with Gasteiger partial charge in [0.2, 0.25) is 5.91 Å². The molecule has 0 atom stereocenters. The maximum Gasteiger partial charge on any atom is 0.234 e. The number of carboxylic acids is 1. The van der Waals surface area contributed by atoms with Crippen molar-refractivity contribution in [1.82, 2.24) is 0 Å². The number of aromatic carboxylic acids is 1. The van der Waals surface area contributed by atoms with E-state index in [2.05, 4.69) is 21.2 Å². The quantitative estimate of drug-likeness (QED) is 0.819. The molecule has 0 saturated carbocycles. The zero-order valence-corrected chi connectivity index (χ0v) is 14.9. The maximum atomic E-state index is 12.0. The fraction of sp³-hybridized carbons (Fsp3) is 0.176. The van der Waals surface area contributed by atoms with Crippen molar-refractivity contribution in [1.29, 1.82) is 0 Å². The predicted octanol–water partition coefficient (Wildman–Crippen LogP) is 2.99. The molecule has 23 heavy (non-hydrogen) atoms. The van der Waals surface area contributed by atoms with E-state index < -0.39 is 5.97 Å². The second-order valence-corrected chi connectivity index (χ2v) is 6.85. The molecule has 0 spiro atoms. The van der Waals surface area contributed by atoms with Crippen LogP contribution in [0.4, 0.5) is 5.69 Å². The largest absolute Gasteiger partial charge is 0.545 e. The van der Waals surface area contributed by atoms with Crippen LogP contribution in [0.25, 0.3) is 0 Å². The summed E-state index contributed by atoms with van der Waals surface area (Å²) in [6.07, 6.45) is 0. The molecule has 0 fully saturated rings. The molecule has 0 aromatic heterocycles. The fourth-order valence-corrected chi connectivity index (χ4v) is 3.27. The zero-order chi connectivity index (χ0) is 16.8. The van der Waals surface area contributed by atoms with Crippen molar-refractivity contribution in [3.05, 3.63) is 63.6 Å². The molecule has 0 aliphatic carbocycles. The summed E-state index contributed by atoms with van der Waals surface area (Å²) in [4.78, 5) is 23.1. The van der Waals surface area contributed by atoms with Crippen molar-refractivity contribution < 1.29 is 14.7 Å². The highest BCUT2D eigenvalue weighted by molar-refractivity contribution is 9.10. The van der Waals surface area contributed by atoms with Crippen molar-refractivity contribution in [2.75, 3.05) is 11.1 Å². The minimum atomic E-state index is -1.32. The average Bonchev–Trinajstić information content (AvgIpc) is 2.51. The number of halogens is 1. The Morgan fingerprint density at radius 3 is 2.65 bits per heavy atom. The molecule has 2 aromatic carbocycles. The van der Waals surface area contributed by atoms with Crippen LogP contribution in [0.5, 0.6) is 0 Å². The van der Waals surface area contributed by atoms with Crippen molar-refractivity contribution in [3.63, 3.8) is 0 Å². The summed E-state index contributed by atoms with van der Waals surface area (Å²) in [5.74, 6) is -0.590. The standard InChI is InChI=1S/C17H16BrNO3S/c1-11-4-2-3-5-12(11)9-23-10-16(20)19-15-7-6-13(18)8-14(15)17(21)22/h2-8H,9-10H2,1H3,(H,19,20)(H,21,22)/p-1. The van der Waals surface area contributed by atoms with Crippen LogP contribution in [0.15, 0.2) is 46.9 Å². The highest BCUT2D eigenvalue weighted by atomic mass is 79.9. The smallest absolute Gasteiger partial charge is 0.234 e. The first-order chi connectivity index (χ1) is 11.0. The van der Waals surface area contributed by atoms with Crippen LogP contribution < -0.4 is 10.4 Å². The van der Waals surface area contributed by atoms with Gasteiger partial charge in [0.05, 0.1) is 11.7 Å². The van der Waals surface area contributed by atoms with Crippen LogP contribution in [0.2, 0.25) is 0 Å². The molecular formula is C17H15BrNO3S-. The third kappa shape index (κ3) is 5.11. The molecule has 120 valence electrons. The number of rotatable bonds is 6. The van der Waals surface area contributed by atoms with E-state index >= 15 is 0 Å². The summed E-state index contributed by atoms with van der Waals surface area (Å²) in [6, 6.07) is 12.6. The Morgan fingerprint density at radius 1 is 1.22 bits per heavy atom. The van der Waals surface area contributed by atoms with Crippen LogP contribution in [0.3, 0.4) is 0 Å². The van der Waals surface area contributed by atoms with Gasteiger partial charge in [-0.05, 0) is 36.2 Å². The minimum absolute atomic E-state index is 0.0448. The molecule has 2 aromatic rings. The summed E-state index contributed by atoms with van der Waals surface area (Å²) >= 11 is 4.68. The first kappa shape index (κ1) is 17.6.